The Bertz CT molecular complexity index is 93.2. The number of hydrogen-bond donors (Lipinski definition) is 2. The summed E-state index contributed by atoms with van der Waals surface area (Å²) in [6, 6.07) is 0. The van der Waals surface area contributed by atoms with E-state index in [2.05, 4.69) is 0 Å². The first-order valence-corrected chi connectivity index (χ1v) is 3.26. The van der Waals surface area contributed by atoms with Crippen LogP contribution in [0.1, 0.15) is 19.8 Å². The van der Waals surface area contributed by atoms with Crippen LogP contribution in [0.4, 0.5) is 0 Å². The molecule has 1 heterocycles. The zero-order valence-electron chi connectivity index (χ0n) is 5.67. The van der Waals surface area contributed by atoms with Crippen molar-refractivity contribution >= 4 is 0 Å². The second-order valence-corrected chi connectivity index (χ2v) is 2.95. The summed E-state index contributed by atoms with van der Waals surface area (Å²) in [6.45, 7) is 2.99. The molecule has 0 aliphatic carbocycles. The molecule has 1 saturated heterocycles. The molecule has 1 aliphatic rings. The highest BCUT2D eigenvalue weighted by Gasteiger charge is 2.26. The van der Waals surface area contributed by atoms with Crippen molar-refractivity contribution < 1.29 is 10.3 Å². The molecule has 0 spiro atoms. The molecule has 2 N–H and O–H groups in total. The lowest BCUT2D eigenvalue weighted by Crippen LogP contribution is -2.40. The summed E-state index contributed by atoms with van der Waals surface area (Å²) in [5, 5.41) is 19.5. The lowest BCUT2D eigenvalue weighted by molar-refractivity contribution is -0.142. The Morgan fingerprint density at radius 2 is 1.78 bits per heavy atom. The molecule has 1 fully saturated rings. The largest absolute Gasteiger partial charge is 0.390 e. The number of rotatable bonds is 0. The molecule has 1 rings (SSSR count). The van der Waals surface area contributed by atoms with Crippen LogP contribution in [-0.4, -0.2) is 34.1 Å². The molecule has 0 aromatic rings. The highest BCUT2D eigenvalue weighted by Crippen LogP contribution is 2.19. The molecule has 0 atom stereocenters. The first-order chi connectivity index (χ1) is 4.10. The molecular formula is C6H13NO2. The highest BCUT2D eigenvalue weighted by molar-refractivity contribution is 4.78. The predicted octanol–water partition coefficient (Wildman–Crippen LogP) is 0.222. The van der Waals surface area contributed by atoms with Crippen LogP contribution in [-0.2, 0) is 0 Å². The van der Waals surface area contributed by atoms with Gasteiger partial charge in [0.05, 0.1) is 5.60 Å². The Morgan fingerprint density at radius 3 is 2.11 bits per heavy atom. The second-order valence-electron chi connectivity index (χ2n) is 2.95. The summed E-state index contributed by atoms with van der Waals surface area (Å²) in [6.07, 6.45) is 1.34. The van der Waals surface area contributed by atoms with Crippen molar-refractivity contribution in [2.75, 3.05) is 13.1 Å². The summed E-state index contributed by atoms with van der Waals surface area (Å²) in [7, 11) is 0. The molecule has 54 valence electrons. The molecule has 0 bridgehead atoms. The third-order valence-corrected chi connectivity index (χ3v) is 1.82. The topological polar surface area (TPSA) is 43.7 Å². The van der Waals surface area contributed by atoms with E-state index >= 15 is 0 Å². The van der Waals surface area contributed by atoms with E-state index in [1.807, 2.05) is 0 Å². The molecule has 1 aliphatic heterocycles. The summed E-state index contributed by atoms with van der Waals surface area (Å²) >= 11 is 0. The van der Waals surface area contributed by atoms with Gasteiger partial charge >= 0.3 is 0 Å². The van der Waals surface area contributed by atoms with Crippen LogP contribution < -0.4 is 0 Å². The maximum absolute atomic E-state index is 9.35. The zero-order chi connectivity index (χ0) is 6.91. The van der Waals surface area contributed by atoms with Gasteiger partial charge in [-0.2, -0.15) is 5.06 Å². The fourth-order valence-corrected chi connectivity index (χ4v) is 0.977. The Balaban J connectivity index is 2.35. The number of piperidine rings is 1. The first kappa shape index (κ1) is 6.99. The SMILES string of the molecule is CC1(O)CCN(O)CC1. The number of nitrogens with zero attached hydrogens (tertiary/aromatic N) is 1. The average Bonchev–Trinajstić information content (AvgIpc) is 1.78. The van der Waals surface area contributed by atoms with Crippen LogP contribution in [0.15, 0.2) is 0 Å². The standard InChI is InChI=1S/C6H13NO2/c1-6(8)2-4-7(9)5-3-6/h8-9H,2-5H2,1H3. The zero-order valence-corrected chi connectivity index (χ0v) is 5.67. The number of hydroxylamine groups is 2. The van der Waals surface area contributed by atoms with E-state index in [9.17, 15) is 5.11 Å². The van der Waals surface area contributed by atoms with Crippen LogP contribution in [0.3, 0.4) is 0 Å². The van der Waals surface area contributed by atoms with Crippen molar-refractivity contribution in [2.24, 2.45) is 0 Å². The molecule has 3 heteroatoms. The van der Waals surface area contributed by atoms with Crippen LogP contribution in [0.25, 0.3) is 0 Å². The van der Waals surface area contributed by atoms with Crippen molar-refractivity contribution in [2.45, 2.75) is 25.4 Å². The molecule has 0 saturated carbocycles. The quantitative estimate of drug-likeness (QED) is 0.494. The van der Waals surface area contributed by atoms with Crippen molar-refractivity contribution in [3.05, 3.63) is 0 Å². The monoisotopic (exact) mass is 131 g/mol. The Morgan fingerprint density at radius 1 is 1.33 bits per heavy atom. The molecule has 0 amide bonds. The maximum Gasteiger partial charge on any atom is 0.0645 e. The molecule has 0 unspecified atom stereocenters. The molecule has 0 aromatic carbocycles. The smallest absolute Gasteiger partial charge is 0.0645 e. The van der Waals surface area contributed by atoms with E-state index in [4.69, 9.17) is 5.21 Å². The minimum Gasteiger partial charge on any atom is -0.390 e. The van der Waals surface area contributed by atoms with Crippen molar-refractivity contribution in [1.29, 1.82) is 0 Å². The van der Waals surface area contributed by atoms with E-state index in [-0.39, 0.29) is 0 Å². The average molecular weight is 131 g/mol. The van der Waals surface area contributed by atoms with Gasteiger partial charge in [-0.05, 0) is 19.8 Å². The molecular weight excluding hydrogens is 118 g/mol. The van der Waals surface area contributed by atoms with Crippen molar-refractivity contribution in [3.8, 4) is 0 Å². The van der Waals surface area contributed by atoms with Crippen LogP contribution in [0.5, 0.6) is 0 Å². The highest BCUT2D eigenvalue weighted by atomic mass is 16.5. The van der Waals surface area contributed by atoms with Crippen LogP contribution in [0, 0.1) is 0 Å². The predicted molar refractivity (Wildman–Crippen MR) is 33.2 cm³/mol. The van der Waals surface area contributed by atoms with Gasteiger partial charge in [0.25, 0.3) is 0 Å². The van der Waals surface area contributed by atoms with Crippen LogP contribution in [0.2, 0.25) is 0 Å². The normalized spacial score (nSPS) is 28.3. The summed E-state index contributed by atoms with van der Waals surface area (Å²) in [5.41, 5.74) is -0.542. The van der Waals surface area contributed by atoms with E-state index in [0.717, 1.165) is 0 Å². The molecule has 0 radical (unpaired) electrons. The van der Waals surface area contributed by atoms with Gasteiger partial charge in [-0.1, -0.05) is 0 Å². The minimum absolute atomic E-state index is 0.542. The third-order valence-electron chi connectivity index (χ3n) is 1.82. The number of hydrogen-bond acceptors (Lipinski definition) is 3. The Labute approximate surface area is 54.9 Å². The Kier molecular flexibility index (Phi) is 1.75. The number of aliphatic hydroxyl groups is 1. The van der Waals surface area contributed by atoms with E-state index in [0.29, 0.717) is 25.9 Å². The summed E-state index contributed by atoms with van der Waals surface area (Å²) in [4.78, 5) is 0. The van der Waals surface area contributed by atoms with Crippen LogP contribution >= 0.6 is 0 Å². The van der Waals surface area contributed by atoms with Gasteiger partial charge in [-0.25, -0.2) is 0 Å². The van der Waals surface area contributed by atoms with Crippen molar-refractivity contribution in [1.82, 2.24) is 5.06 Å². The summed E-state index contributed by atoms with van der Waals surface area (Å²) in [5.74, 6) is 0. The van der Waals surface area contributed by atoms with E-state index in [1.165, 1.54) is 5.06 Å². The fourth-order valence-electron chi connectivity index (χ4n) is 0.977. The van der Waals surface area contributed by atoms with Gasteiger partial charge in [-0.3, -0.25) is 0 Å². The lowest BCUT2D eigenvalue weighted by Gasteiger charge is -2.31. The third kappa shape index (κ3) is 1.93. The molecule has 9 heavy (non-hydrogen) atoms. The first-order valence-electron chi connectivity index (χ1n) is 3.26. The molecule has 3 nitrogen and oxygen atoms in total. The molecule has 0 aromatic heterocycles. The lowest BCUT2D eigenvalue weighted by atomic mass is 9.95. The van der Waals surface area contributed by atoms with Crippen molar-refractivity contribution in [3.63, 3.8) is 0 Å². The van der Waals surface area contributed by atoms with Gasteiger partial charge in [-0.15, -0.1) is 0 Å². The maximum atomic E-state index is 9.35. The van der Waals surface area contributed by atoms with Gasteiger partial charge in [0.2, 0.25) is 0 Å². The van der Waals surface area contributed by atoms with E-state index in [1.54, 1.807) is 6.92 Å². The van der Waals surface area contributed by atoms with Gasteiger partial charge in [0, 0.05) is 13.1 Å². The van der Waals surface area contributed by atoms with Gasteiger partial charge in [0.15, 0.2) is 0 Å². The van der Waals surface area contributed by atoms with Gasteiger partial charge < -0.3 is 10.3 Å². The summed E-state index contributed by atoms with van der Waals surface area (Å²) < 4.78 is 0. The second kappa shape index (κ2) is 2.25. The Hall–Kier alpha value is -0.120. The fraction of sp³-hybridized carbons (Fsp3) is 1.00. The minimum atomic E-state index is -0.542. The van der Waals surface area contributed by atoms with E-state index < -0.39 is 5.60 Å². The van der Waals surface area contributed by atoms with Gasteiger partial charge in [0.1, 0.15) is 0 Å².